The average Bonchev–Trinajstić information content (AvgIpc) is 3.41. The molecule has 0 saturated heterocycles. The first-order chi connectivity index (χ1) is 38.2. The summed E-state index contributed by atoms with van der Waals surface area (Å²) in [7, 11) is -9.88. The smallest absolute Gasteiger partial charge is 0.462 e. The Morgan fingerprint density at radius 1 is 0.350 bits per heavy atom. The number of aliphatic hydroxyl groups is 1. The van der Waals surface area contributed by atoms with Gasteiger partial charge >= 0.3 is 39.5 Å². The monoisotopic (exact) mass is 1180 g/mol. The molecule has 0 saturated carbocycles. The van der Waals surface area contributed by atoms with Crippen LogP contribution in [0.2, 0.25) is 0 Å². The minimum absolute atomic E-state index is 0.101. The van der Waals surface area contributed by atoms with Crippen LogP contribution in [0.5, 0.6) is 0 Å². The first-order valence-corrected chi connectivity index (χ1v) is 34.8. The highest BCUT2D eigenvalue weighted by atomic mass is 31.2. The maximum atomic E-state index is 12.9. The van der Waals surface area contributed by atoms with E-state index in [1.165, 1.54) is 77.0 Å². The molecule has 0 aliphatic carbocycles. The lowest BCUT2D eigenvalue weighted by Gasteiger charge is -2.21. The number of ether oxygens (including phenoxy) is 4. The molecular weight excluding hydrogens is 1070 g/mol. The maximum absolute atomic E-state index is 12.9. The zero-order valence-corrected chi connectivity index (χ0v) is 53.5. The molecule has 0 aliphatic heterocycles. The molecule has 0 fully saturated rings. The van der Waals surface area contributed by atoms with Crippen LogP contribution in [0.1, 0.15) is 287 Å². The highest BCUT2D eigenvalue weighted by Gasteiger charge is 2.30. The summed E-state index contributed by atoms with van der Waals surface area (Å²) in [4.78, 5) is 72.0. The number of carbonyl (C=O) groups is 4. The average molecular weight is 1190 g/mol. The first kappa shape index (κ1) is 78.1. The van der Waals surface area contributed by atoms with E-state index in [1.807, 2.05) is 0 Å². The van der Waals surface area contributed by atoms with E-state index in [0.717, 1.165) is 115 Å². The lowest BCUT2D eigenvalue weighted by Crippen LogP contribution is -2.30. The normalized spacial score (nSPS) is 15.2. The van der Waals surface area contributed by atoms with Crippen LogP contribution >= 0.6 is 15.6 Å². The van der Waals surface area contributed by atoms with Gasteiger partial charge in [0.2, 0.25) is 0 Å². The number of hydrogen-bond acceptors (Lipinski definition) is 15. The van der Waals surface area contributed by atoms with Crippen molar-refractivity contribution in [3.8, 4) is 0 Å². The van der Waals surface area contributed by atoms with Crippen LogP contribution in [0.3, 0.4) is 0 Å². The van der Waals surface area contributed by atoms with Crippen LogP contribution in [-0.4, -0.2) is 96.7 Å². The predicted molar refractivity (Wildman–Crippen MR) is 317 cm³/mol. The molecule has 0 bridgehead atoms. The molecule has 3 N–H and O–H groups in total. The molecule has 0 amide bonds. The molecule has 0 aliphatic rings. The van der Waals surface area contributed by atoms with Crippen molar-refractivity contribution in [2.45, 2.75) is 305 Å². The van der Waals surface area contributed by atoms with E-state index in [-0.39, 0.29) is 25.7 Å². The van der Waals surface area contributed by atoms with Crippen molar-refractivity contribution >= 4 is 39.5 Å². The Morgan fingerprint density at radius 2 is 0.600 bits per heavy atom. The van der Waals surface area contributed by atoms with Gasteiger partial charge in [-0.15, -0.1) is 0 Å². The Kier molecular flexibility index (Phi) is 50.2. The van der Waals surface area contributed by atoms with Crippen LogP contribution < -0.4 is 0 Å². The minimum atomic E-state index is -4.94. The lowest BCUT2D eigenvalue weighted by molar-refractivity contribution is -0.161. The molecule has 0 heterocycles. The van der Waals surface area contributed by atoms with E-state index in [0.29, 0.717) is 37.5 Å². The summed E-state index contributed by atoms with van der Waals surface area (Å²) in [5.74, 6) is 0.699. The van der Waals surface area contributed by atoms with Crippen LogP contribution in [0.15, 0.2) is 0 Å². The van der Waals surface area contributed by atoms with E-state index >= 15 is 0 Å². The summed E-state index contributed by atoms with van der Waals surface area (Å²) >= 11 is 0. The molecule has 0 radical (unpaired) electrons. The topological polar surface area (TPSA) is 237 Å². The van der Waals surface area contributed by atoms with Crippen molar-refractivity contribution in [2.75, 3.05) is 39.6 Å². The van der Waals surface area contributed by atoms with Crippen molar-refractivity contribution in [3.63, 3.8) is 0 Å². The Labute approximate surface area is 486 Å². The van der Waals surface area contributed by atoms with Crippen molar-refractivity contribution in [3.05, 3.63) is 0 Å². The highest BCUT2D eigenvalue weighted by Crippen LogP contribution is 2.45. The second-order valence-corrected chi connectivity index (χ2v) is 26.4. The molecule has 80 heavy (non-hydrogen) atoms. The Balaban J connectivity index is 5.26. The van der Waals surface area contributed by atoms with Crippen LogP contribution in [0, 0.1) is 23.7 Å². The number of phosphoric ester groups is 2. The van der Waals surface area contributed by atoms with Gasteiger partial charge in [0, 0.05) is 25.7 Å². The van der Waals surface area contributed by atoms with Gasteiger partial charge in [0.1, 0.15) is 19.3 Å². The van der Waals surface area contributed by atoms with E-state index in [1.54, 1.807) is 0 Å². The van der Waals surface area contributed by atoms with E-state index < -0.39 is 97.5 Å². The number of aliphatic hydroxyl groups excluding tert-OH is 1. The van der Waals surface area contributed by atoms with Crippen molar-refractivity contribution in [2.24, 2.45) is 23.7 Å². The van der Waals surface area contributed by atoms with Gasteiger partial charge in [-0.05, 0) is 49.4 Å². The van der Waals surface area contributed by atoms with Gasteiger partial charge < -0.3 is 33.8 Å². The number of carbonyl (C=O) groups excluding carboxylic acids is 4. The first-order valence-electron chi connectivity index (χ1n) is 31.8. The molecule has 0 aromatic carbocycles. The van der Waals surface area contributed by atoms with E-state index in [2.05, 4.69) is 55.4 Å². The Hall–Kier alpha value is -1.94. The fourth-order valence-electron chi connectivity index (χ4n) is 8.83. The van der Waals surface area contributed by atoms with E-state index in [9.17, 15) is 43.2 Å². The summed E-state index contributed by atoms with van der Waals surface area (Å²) in [6.07, 6.45) is 29.6. The summed E-state index contributed by atoms with van der Waals surface area (Å²) < 4.78 is 67.8. The van der Waals surface area contributed by atoms with Gasteiger partial charge in [-0.1, -0.05) is 235 Å². The molecule has 0 aromatic heterocycles. The van der Waals surface area contributed by atoms with Crippen molar-refractivity contribution < 1.29 is 80.2 Å². The number of phosphoric acid groups is 2. The van der Waals surface area contributed by atoms with Gasteiger partial charge in [0.05, 0.1) is 26.4 Å². The highest BCUT2D eigenvalue weighted by molar-refractivity contribution is 7.47. The second-order valence-electron chi connectivity index (χ2n) is 23.5. The van der Waals surface area contributed by atoms with Crippen LogP contribution in [0.4, 0.5) is 0 Å². The number of hydrogen-bond donors (Lipinski definition) is 3. The third-order valence-electron chi connectivity index (χ3n) is 14.5. The summed E-state index contributed by atoms with van der Waals surface area (Å²) in [5, 5.41) is 10.5. The Bertz CT molecular complexity index is 1610. The molecule has 0 rings (SSSR count). The van der Waals surface area contributed by atoms with Gasteiger partial charge in [-0.3, -0.25) is 37.3 Å². The minimum Gasteiger partial charge on any atom is -0.462 e. The molecule has 17 nitrogen and oxygen atoms in total. The summed E-state index contributed by atoms with van der Waals surface area (Å²) in [6, 6.07) is 0. The second kappa shape index (κ2) is 51.5. The molecule has 19 heteroatoms. The standard InChI is InChI=1S/C61H118O17P2/c1-9-53(7)39-31-23-13-11-12-14-27-35-43-60(65)77-56(47-71-58(63)41-33-25-18-15-21-29-37-51(3)4)49-75-79(67,68)73-45-55(62)46-74-80(69,70)76-50-57(48-72-59(64)42-34-26-19-16-22-30-38-52(5)6)78-61(66)44-36-28-20-17-24-32-40-54(8)10-2/h51-57,62H,9-50H2,1-8H3,(H,67,68)(H,69,70)/t53?,54?,55-,56-,57-/m1/s1. The van der Waals surface area contributed by atoms with Crippen molar-refractivity contribution in [1.29, 1.82) is 0 Å². The Morgan fingerprint density at radius 3 is 0.887 bits per heavy atom. The van der Waals surface area contributed by atoms with Crippen LogP contribution in [0.25, 0.3) is 0 Å². The van der Waals surface area contributed by atoms with Gasteiger partial charge in [0.25, 0.3) is 0 Å². The SMILES string of the molecule is CCC(C)CCCCCCCCCCC(=O)O[C@H](COC(=O)CCCCCCCCC(C)C)COP(=O)(O)OC[C@@H](O)COP(=O)(O)OC[C@@H](COC(=O)CCCCCCCCC(C)C)OC(=O)CCCCCCCCC(C)CC. The molecule has 0 aromatic rings. The quantitative estimate of drug-likeness (QED) is 0.0222. The summed E-state index contributed by atoms with van der Waals surface area (Å²) in [6.45, 7) is 13.8. The molecular formula is C61H118O17P2. The zero-order valence-electron chi connectivity index (χ0n) is 51.7. The third kappa shape index (κ3) is 52.8. The van der Waals surface area contributed by atoms with Gasteiger partial charge in [-0.2, -0.15) is 0 Å². The molecule has 7 atom stereocenters. The number of esters is 4. The zero-order chi connectivity index (χ0) is 59.7. The van der Waals surface area contributed by atoms with E-state index in [4.69, 9.17) is 37.0 Å². The van der Waals surface area contributed by atoms with Crippen LogP contribution in [-0.2, 0) is 65.4 Å². The summed E-state index contributed by atoms with van der Waals surface area (Å²) in [5.41, 5.74) is 0. The van der Waals surface area contributed by atoms with Crippen molar-refractivity contribution in [1.82, 2.24) is 0 Å². The number of unbranched alkanes of at least 4 members (excludes halogenated alkanes) is 22. The molecule has 0 spiro atoms. The predicted octanol–water partition coefficient (Wildman–Crippen LogP) is 16.2. The maximum Gasteiger partial charge on any atom is 0.472 e. The molecule has 474 valence electrons. The fourth-order valence-corrected chi connectivity index (χ4v) is 10.4. The van der Waals surface area contributed by atoms with Gasteiger partial charge in [0.15, 0.2) is 12.2 Å². The molecule has 4 unspecified atom stereocenters. The van der Waals surface area contributed by atoms with Gasteiger partial charge in [-0.25, -0.2) is 9.13 Å². The lowest BCUT2D eigenvalue weighted by atomic mass is 9.99. The number of rotatable bonds is 58. The largest absolute Gasteiger partial charge is 0.472 e. The third-order valence-corrected chi connectivity index (χ3v) is 16.4. The fraction of sp³-hybridized carbons (Fsp3) is 0.934.